The molecule has 3 aromatic heterocycles. The van der Waals surface area contributed by atoms with Crippen molar-refractivity contribution in [3.05, 3.63) is 89.4 Å². The fourth-order valence-corrected chi connectivity index (χ4v) is 8.23. The van der Waals surface area contributed by atoms with Gasteiger partial charge in [-0.3, -0.25) is 14.5 Å². The summed E-state index contributed by atoms with van der Waals surface area (Å²) >= 11 is 0. The molecule has 2 N–H and O–H groups in total. The van der Waals surface area contributed by atoms with Crippen molar-refractivity contribution < 1.29 is 45.5 Å². The van der Waals surface area contributed by atoms with E-state index in [9.17, 15) is 27.5 Å². The average Bonchev–Trinajstić information content (AvgIpc) is 3.96. The van der Waals surface area contributed by atoms with E-state index >= 15 is 8.78 Å². The van der Waals surface area contributed by atoms with E-state index in [1.807, 2.05) is 38.1 Å². The first kappa shape index (κ1) is 40.7. The van der Waals surface area contributed by atoms with Crippen LogP contribution in [0.4, 0.5) is 24.5 Å². The second kappa shape index (κ2) is 17.6. The van der Waals surface area contributed by atoms with Crippen LogP contribution in [0.5, 0.6) is 5.88 Å². The van der Waals surface area contributed by atoms with Crippen LogP contribution >= 0.6 is 0 Å². The number of ketones is 1. The van der Waals surface area contributed by atoms with Crippen molar-refractivity contribution in [2.45, 2.75) is 45.2 Å². The van der Waals surface area contributed by atoms with Gasteiger partial charge in [-0.1, -0.05) is 26.0 Å². The summed E-state index contributed by atoms with van der Waals surface area (Å²) < 4.78 is 80.8. The van der Waals surface area contributed by atoms with Gasteiger partial charge in [0.1, 0.15) is 29.2 Å². The Labute approximate surface area is 334 Å². The Bertz CT molecular complexity index is 2340. The van der Waals surface area contributed by atoms with Crippen LogP contribution in [0.1, 0.15) is 60.7 Å². The number of fused-ring (bicyclic) bond motifs is 1. The summed E-state index contributed by atoms with van der Waals surface area (Å²) in [6.07, 6.45) is 3.42. The van der Waals surface area contributed by atoms with Crippen LogP contribution in [0, 0.1) is 17.6 Å². The maximum Gasteiger partial charge on any atom is 0.314 e. The van der Waals surface area contributed by atoms with Crippen LogP contribution < -0.4 is 14.1 Å². The molecule has 14 nitrogen and oxygen atoms in total. The number of carbonyl (C=O) groups is 2. The standard InChI is InChI=1S/C40H44F3N7O7S/c1-24(2)35(40(52)53)33-20-34(46-57-33)56-18-4-3-12-47-14-16-48(17-15-47)28-7-5-25(6-8-28)26-19-29-30(22-45-39(29)44-21-26)38(51)36-31(42)9-10-32(37(36)43)50(58(54)55)49-13-11-27(41)23-49/h5-10,19-22,24,27,35,58H,3-4,11-18,23H2,1-2H3,(H,44,45)(H,52,53)/t27-,35?/m1/s1. The molecule has 5 aromatic rings. The SMILES string of the molecule is CC(C)C(C(=O)O)c1cc(OCCCCN2CCN(c3ccc(-c4cnc5[nH]cc(C(=O)c6c(F)ccc(N(N7CC[C@@H](F)C7)[SH](=O)=O)c6F)c5c4)cc3)CC2)no1. The van der Waals surface area contributed by atoms with Crippen molar-refractivity contribution in [1.82, 2.24) is 25.0 Å². The molecule has 0 aliphatic carbocycles. The number of nitrogens with zero attached hydrogens (tertiary/aromatic N) is 6. The average molecular weight is 824 g/mol. The highest BCUT2D eigenvalue weighted by atomic mass is 32.2. The Morgan fingerprint density at radius 3 is 2.47 bits per heavy atom. The lowest BCUT2D eigenvalue weighted by molar-refractivity contribution is -0.140. The Morgan fingerprint density at radius 2 is 1.79 bits per heavy atom. The van der Waals surface area contributed by atoms with Gasteiger partial charge in [-0.15, -0.1) is 0 Å². The number of piperazine rings is 1. The minimum Gasteiger partial charge on any atom is -0.481 e. The van der Waals surface area contributed by atoms with E-state index < -0.39 is 57.6 Å². The molecular formula is C40H44F3N7O7S. The summed E-state index contributed by atoms with van der Waals surface area (Å²) in [6, 6.07) is 12.9. The van der Waals surface area contributed by atoms with Gasteiger partial charge in [-0.05, 0) is 72.8 Å². The molecule has 0 bridgehead atoms. The number of alkyl halides is 1. The molecular weight excluding hydrogens is 780 g/mol. The number of aromatic nitrogens is 3. The smallest absolute Gasteiger partial charge is 0.314 e. The highest BCUT2D eigenvalue weighted by molar-refractivity contribution is 7.73. The van der Waals surface area contributed by atoms with Crippen molar-refractivity contribution in [3.8, 4) is 17.0 Å². The molecule has 2 fully saturated rings. The summed E-state index contributed by atoms with van der Waals surface area (Å²) in [5, 5.41) is 14.8. The molecule has 2 saturated heterocycles. The number of benzene rings is 2. The number of rotatable bonds is 16. The summed E-state index contributed by atoms with van der Waals surface area (Å²) in [5.74, 6) is -4.85. The Balaban J connectivity index is 0.948. The van der Waals surface area contributed by atoms with E-state index in [1.54, 1.807) is 18.3 Å². The molecule has 7 rings (SSSR count). The Kier molecular flexibility index (Phi) is 12.3. The van der Waals surface area contributed by atoms with Crippen LogP contribution in [0.2, 0.25) is 0 Å². The molecule has 5 heterocycles. The number of carbonyl (C=O) groups excluding carboxylic acids is 1. The number of pyridine rings is 1. The summed E-state index contributed by atoms with van der Waals surface area (Å²) in [7, 11) is -3.48. The minimum absolute atomic E-state index is 0.00519. The number of anilines is 2. The highest BCUT2D eigenvalue weighted by Crippen LogP contribution is 2.33. The third kappa shape index (κ3) is 8.68. The molecule has 1 unspecified atom stereocenters. The van der Waals surface area contributed by atoms with Gasteiger partial charge in [0.25, 0.3) is 5.88 Å². The number of carboxylic acid groups (broad SMARTS) is 1. The van der Waals surface area contributed by atoms with E-state index in [0.717, 1.165) is 74.0 Å². The lowest BCUT2D eigenvalue weighted by Gasteiger charge is -2.36. The number of aromatic amines is 1. The first-order valence-corrected chi connectivity index (χ1v) is 20.3. The highest BCUT2D eigenvalue weighted by Gasteiger charge is 2.33. The van der Waals surface area contributed by atoms with Gasteiger partial charge < -0.3 is 24.3 Å². The van der Waals surface area contributed by atoms with Crippen LogP contribution in [-0.4, -0.2) is 109 Å². The second-order valence-corrected chi connectivity index (χ2v) is 15.6. The number of halogens is 3. The van der Waals surface area contributed by atoms with Crippen LogP contribution in [0.3, 0.4) is 0 Å². The molecule has 0 radical (unpaired) electrons. The monoisotopic (exact) mass is 823 g/mol. The third-order valence-corrected chi connectivity index (χ3v) is 11.4. The number of thiol groups is 1. The Hall–Kier alpha value is -5.46. The Morgan fingerprint density at radius 1 is 1.03 bits per heavy atom. The maximum absolute atomic E-state index is 15.9. The van der Waals surface area contributed by atoms with Gasteiger partial charge in [-0.2, -0.15) is 4.41 Å². The molecule has 2 aliphatic rings. The van der Waals surface area contributed by atoms with E-state index in [1.165, 1.54) is 6.20 Å². The lowest BCUT2D eigenvalue weighted by Crippen LogP contribution is -2.46. The number of H-pyrrole nitrogens is 1. The number of ether oxygens (including phenoxy) is 1. The van der Waals surface area contributed by atoms with E-state index in [-0.39, 0.29) is 36.8 Å². The molecule has 18 heteroatoms. The van der Waals surface area contributed by atoms with E-state index in [4.69, 9.17) is 9.26 Å². The van der Waals surface area contributed by atoms with Gasteiger partial charge >= 0.3 is 5.97 Å². The number of unbranched alkanes of at least 4 members (excludes halogenated alkanes) is 1. The minimum atomic E-state index is -3.48. The molecule has 2 aromatic carbocycles. The molecule has 0 saturated carbocycles. The first-order chi connectivity index (χ1) is 27.9. The molecule has 0 spiro atoms. The zero-order chi connectivity index (χ0) is 41.1. The third-order valence-electron chi connectivity index (χ3n) is 10.6. The summed E-state index contributed by atoms with van der Waals surface area (Å²) in [4.78, 5) is 37.3. The largest absolute Gasteiger partial charge is 0.481 e. The van der Waals surface area contributed by atoms with Crippen LogP contribution in [0.15, 0.2) is 65.4 Å². The van der Waals surface area contributed by atoms with Crippen molar-refractivity contribution in [2.75, 3.05) is 61.7 Å². The summed E-state index contributed by atoms with van der Waals surface area (Å²) in [6.45, 7) is 8.16. The van der Waals surface area contributed by atoms with E-state index in [0.29, 0.717) is 33.5 Å². The molecule has 308 valence electrons. The number of hydrazine groups is 1. The maximum atomic E-state index is 15.9. The molecule has 2 aliphatic heterocycles. The molecule has 58 heavy (non-hydrogen) atoms. The van der Waals surface area contributed by atoms with Crippen molar-refractivity contribution in [1.29, 1.82) is 0 Å². The van der Waals surface area contributed by atoms with Crippen LogP contribution in [-0.2, 0) is 15.7 Å². The number of hydrogen-bond acceptors (Lipinski definition) is 11. The quantitative estimate of drug-likeness (QED) is 0.0621. The summed E-state index contributed by atoms with van der Waals surface area (Å²) in [5.41, 5.74) is 1.30. The lowest BCUT2D eigenvalue weighted by atomic mass is 9.94. The van der Waals surface area contributed by atoms with Gasteiger partial charge in [0, 0.05) is 73.4 Å². The van der Waals surface area contributed by atoms with E-state index in [2.05, 4.69) is 24.9 Å². The zero-order valence-electron chi connectivity index (χ0n) is 31.9. The van der Waals surface area contributed by atoms with Crippen LogP contribution in [0.25, 0.3) is 22.2 Å². The number of hydrogen-bond donors (Lipinski definition) is 3. The zero-order valence-corrected chi connectivity index (χ0v) is 32.8. The number of carboxylic acids is 1. The van der Waals surface area contributed by atoms with Gasteiger partial charge in [-0.25, -0.2) is 31.6 Å². The topological polar surface area (TPSA) is 165 Å². The number of nitrogens with one attached hydrogen (secondary N) is 1. The normalized spacial score (nSPS) is 17.1. The van der Waals surface area contributed by atoms with Gasteiger partial charge in [0.15, 0.2) is 11.6 Å². The number of aliphatic carboxylic acids is 1. The van der Waals surface area contributed by atoms with Crippen molar-refractivity contribution in [2.24, 2.45) is 5.92 Å². The molecule has 0 amide bonds. The molecule has 2 atom stereocenters. The van der Waals surface area contributed by atoms with Crippen molar-refractivity contribution in [3.63, 3.8) is 0 Å². The predicted octanol–water partition coefficient (Wildman–Crippen LogP) is 5.82. The fourth-order valence-electron chi connectivity index (χ4n) is 7.53. The predicted molar refractivity (Wildman–Crippen MR) is 210 cm³/mol. The first-order valence-electron chi connectivity index (χ1n) is 19.1. The van der Waals surface area contributed by atoms with Gasteiger partial charge in [0.2, 0.25) is 16.7 Å². The second-order valence-electron chi connectivity index (χ2n) is 14.8. The van der Waals surface area contributed by atoms with Gasteiger partial charge in [0.05, 0.1) is 18.7 Å². The van der Waals surface area contributed by atoms with Crippen molar-refractivity contribution >= 4 is 45.1 Å². The fraction of sp³-hybridized carbons (Fsp3) is 0.400.